The molecule has 0 aliphatic carbocycles. The average molecular weight is 404 g/mol. The molecule has 0 aliphatic heterocycles. The molecular formula is C19H18ClN3O5. The number of ether oxygens (including phenoxy) is 2. The number of halogens is 1. The first kappa shape index (κ1) is 19.5. The summed E-state index contributed by atoms with van der Waals surface area (Å²) >= 11 is 5.95. The van der Waals surface area contributed by atoms with E-state index in [2.05, 4.69) is 15.3 Å². The Morgan fingerprint density at radius 2 is 1.89 bits per heavy atom. The Morgan fingerprint density at radius 1 is 1.14 bits per heavy atom. The number of H-pyrrole nitrogens is 2. The van der Waals surface area contributed by atoms with Crippen molar-refractivity contribution in [2.24, 2.45) is 0 Å². The van der Waals surface area contributed by atoms with Gasteiger partial charge in [-0.1, -0.05) is 11.6 Å². The Bertz CT molecular complexity index is 1090. The Labute approximate surface area is 164 Å². The highest BCUT2D eigenvalue weighted by atomic mass is 35.5. The zero-order valence-corrected chi connectivity index (χ0v) is 15.9. The van der Waals surface area contributed by atoms with Crippen molar-refractivity contribution in [2.45, 2.75) is 19.4 Å². The number of anilines is 1. The van der Waals surface area contributed by atoms with Crippen LogP contribution in [0, 0.1) is 0 Å². The minimum atomic E-state index is -1.02. The molecule has 0 radical (unpaired) electrons. The Balaban J connectivity index is 1.62. The van der Waals surface area contributed by atoms with E-state index in [1.807, 2.05) is 0 Å². The zero-order chi connectivity index (χ0) is 20.3. The zero-order valence-electron chi connectivity index (χ0n) is 15.2. The number of carbonyl (C=O) groups excluding carboxylic acids is 2. The van der Waals surface area contributed by atoms with Crippen LogP contribution in [0.25, 0.3) is 11.0 Å². The van der Waals surface area contributed by atoms with Gasteiger partial charge in [0, 0.05) is 16.3 Å². The lowest BCUT2D eigenvalue weighted by molar-refractivity contribution is -0.152. The van der Waals surface area contributed by atoms with Crippen molar-refractivity contribution in [3.63, 3.8) is 0 Å². The molecule has 3 aromatic rings. The van der Waals surface area contributed by atoms with Crippen molar-refractivity contribution in [1.82, 2.24) is 9.97 Å². The summed E-state index contributed by atoms with van der Waals surface area (Å²) in [6.07, 6.45) is -1.10. The third-order valence-electron chi connectivity index (χ3n) is 4.04. The van der Waals surface area contributed by atoms with Gasteiger partial charge in [-0.25, -0.2) is 4.79 Å². The van der Waals surface area contributed by atoms with Crippen LogP contribution < -0.4 is 15.7 Å². The van der Waals surface area contributed by atoms with Crippen molar-refractivity contribution < 1.29 is 19.1 Å². The number of hydrogen-bond acceptors (Lipinski definition) is 5. The molecule has 1 atom stereocenters. The second-order valence-corrected chi connectivity index (χ2v) is 6.53. The molecule has 0 bridgehead atoms. The van der Waals surface area contributed by atoms with E-state index < -0.39 is 18.0 Å². The fraction of sp³-hybridized carbons (Fsp3) is 0.211. The minimum Gasteiger partial charge on any atom is -0.496 e. The predicted octanol–water partition coefficient (Wildman–Crippen LogP) is 2.63. The molecule has 146 valence electrons. The third-order valence-corrected chi connectivity index (χ3v) is 4.27. The molecule has 0 aliphatic rings. The van der Waals surface area contributed by atoms with Gasteiger partial charge < -0.3 is 24.8 Å². The van der Waals surface area contributed by atoms with Gasteiger partial charge in [-0.2, -0.15) is 0 Å². The molecule has 0 fully saturated rings. The van der Waals surface area contributed by atoms with E-state index in [1.54, 1.807) is 36.4 Å². The number of amides is 1. The average Bonchev–Trinajstić information content (AvgIpc) is 3.01. The third kappa shape index (κ3) is 4.52. The number of fused-ring (bicyclic) bond motifs is 1. The maximum absolute atomic E-state index is 12.3. The summed E-state index contributed by atoms with van der Waals surface area (Å²) in [6.45, 7) is 1.47. The lowest BCUT2D eigenvalue weighted by Crippen LogP contribution is -2.30. The molecule has 0 saturated carbocycles. The molecule has 3 N–H and O–H groups in total. The molecule has 1 heterocycles. The van der Waals surface area contributed by atoms with Gasteiger partial charge in [-0.15, -0.1) is 0 Å². The van der Waals surface area contributed by atoms with Crippen molar-refractivity contribution in [2.75, 3.05) is 12.4 Å². The van der Waals surface area contributed by atoms with Gasteiger partial charge in [-0.05, 0) is 43.3 Å². The second kappa shape index (κ2) is 8.18. The molecule has 1 amide bonds. The number of methoxy groups -OCH3 is 1. The van der Waals surface area contributed by atoms with Gasteiger partial charge in [0.05, 0.1) is 24.6 Å². The summed E-state index contributed by atoms with van der Waals surface area (Å²) in [5.74, 6) is -0.579. The van der Waals surface area contributed by atoms with E-state index >= 15 is 0 Å². The highest BCUT2D eigenvalue weighted by Crippen LogP contribution is 2.23. The monoisotopic (exact) mass is 403 g/mol. The number of esters is 1. The number of carbonyl (C=O) groups is 2. The summed E-state index contributed by atoms with van der Waals surface area (Å²) in [5.41, 5.74) is 1.87. The first-order chi connectivity index (χ1) is 13.4. The van der Waals surface area contributed by atoms with Crippen LogP contribution in [0.15, 0.2) is 41.2 Å². The fourth-order valence-corrected chi connectivity index (χ4v) is 2.88. The number of hydrogen-bond donors (Lipinski definition) is 3. The van der Waals surface area contributed by atoms with Crippen LogP contribution in [0.4, 0.5) is 5.69 Å². The maximum atomic E-state index is 12.3. The lowest BCUT2D eigenvalue weighted by Gasteiger charge is -2.14. The van der Waals surface area contributed by atoms with Crippen LogP contribution in [-0.4, -0.2) is 35.1 Å². The predicted molar refractivity (Wildman–Crippen MR) is 105 cm³/mol. The van der Waals surface area contributed by atoms with Crippen LogP contribution in [0.5, 0.6) is 5.75 Å². The van der Waals surface area contributed by atoms with E-state index in [9.17, 15) is 14.4 Å². The van der Waals surface area contributed by atoms with E-state index in [4.69, 9.17) is 21.1 Å². The molecule has 2 aromatic carbocycles. The largest absolute Gasteiger partial charge is 0.496 e. The van der Waals surface area contributed by atoms with E-state index in [0.29, 0.717) is 33.1 Å². The van der Waals surface area contributed by atoms with Crippen LogP contribution in [0.1, 0.15) is 12.5 Å². The number of aromatic nitrogens is 2. The van der Waals surface area contributed by atoms with E-state index in [-0.39, 0.29) is 12.1 Å². The molecule has 0 unspecified atom stereocenters. The number of rotatable bonds is 6. The van der Waals surface area contributed by atoms with Gasteiger partial charge in [-0.3, -0.25) is 9.59 Å². The van der Waals surface area contributed by atoms with Crippen LogP contribution in [0.3, 0.4) is 0 Å². The number of aromatic amines is 2. The standard InChI is InChI=1S/C19H18ClN3O5/c1-10(28-17(24)8-11-7-12(20)3-6-16(11)27-2)18(25)21-13-4-5-14-15(9-13)23-19(26)22-14/h3-7,9-10H,8H2,1-2H3,(H,21,25)(H2,22,23,26)/t10-/m0/s1. The molecule has 9 heteroatoms. The van der Waals surface area contributed by atoms with Crippen molar-refractivity contribution in [1.29, 1.82) is 0 Å². The fourth-order valence-electron chi connectivity index (χ4n) is 2.69. The molecule has 1 aromatic heterocycles. The Kier molecular flexibility index (Phi) is 5.70. The smallest absolute Gasteiger partial charge is 0.323 e. The molecule has 8 nitrogen and oxygen atoms in total. The van der Waals surface area contributed by atoms with Gasteiger partial charge in [0.15, 0.2) is 6.10 Å². The minimum absolute atomic E-state index is 0.0854. The number of benzene rings is 2. The first-order valence-electron chi connectivity index (χ1n) is 8.40. The van der Waals surface area contributed by atoms with Gasteiger partial charge >= 0.3 is 11.7 Å². The van der Waals surface area contributed by atoms with Crippen LogP contribution >= 0.6 is 11.6 Å². The highest BCUT2D eigenvalue weighted by molar-refractivity contribution is 6.30. The van der Waals surface area contributed by atoms with Gasteiger partial charge in [0.25, 0.3) is 5.91 Å². The van der Waals surface area contributed by atoms with E-state index in [1.165, 1.54) is 14.0 Å². The highest BCUT2D eigenvalue weighted by Gasteiger charge is 2.19. The summed E-state index contributed by atoms with van der Waals surface area (Å²) in [5, 5.41) is 3.11. The molecule has 3 rings (SSSR count). The molecule has 0 spiro atoms. The van der Waals surface area contributed by atoms with Crippen molar-refractivity contribution in [3.05, 3.63) is 57.5 Å². The van der Waals surface area contributed by atoms with Gasteiger partial charge in [0.2, 0.25) is 0 Å². The molecular weight excluding hydrogens is 386 g/mol. The normalized spacial score (nSPS) is 11.8. The summed E-state index contributed by atoms with van der Waals surface area (Å²) in [6, 6.07) is 9.82. The van der Waals surface area contributed by atoms with Crippen LogP contribution in [-0.2, 0) is 20.7 Å². The lowest BCUT2D eigenvalue weighted by atomic mass is 10.1. The Morgan fingerprint density at radius 3 is 2.64 bits per heavy atom. The molecule has 0 saturated heterocycles. The number of imidazole rings is 1. The number of nitrogens with one attached hydrogen (secondary N) is 3. The van der Waals surface area contributed by atoms with Crippen molar-refractivity contribution >= 4 is 40.2 Å². The Hall–Kier alpha value is -3.26. The quantitative estimate of drug-likeness (QED) is 0.547. The maximum Gasteiger partial charge on any atom is 0.323 e. The van der Waals surface area contributed by atoms with Gasteiger partial charge in [0.1, 0.15) is 5.75 Å². The summed E-state index contributed by atoms with van der Waals surface area (Å²) in [7, 11) is 1.49. The summed E-state index contributed by atoms with van der Waals surface area (Å²) < 4.78 is 10.4. The SMILES string of the molecule is COc1ccc(Cl)cc1CC(=O)O[C@@H](C)C(=O)Nc1ccc2[nH]c(=O)[nH]c2c1. The molecule has 28 heavy (non-hydrogen) atoms. The first-order valence-corrected chi connectivity index (χ1v) is 8.78. The topological polar surface area (TPSA) is 113 Å². The van der Waals surface area contributed by atoms with E-state index in [0.717, 1.165) is 0 Å². The second-order valence-electron chi connectivity index (χ2n) is 6.09. The summed E-state index contributed by atoms with van der Waals surface area (Å²) in [4.78, 5) is 41.0. The van der Waals surface area contributed by atoms with Crippen LogP contribution in [0.2, 0.25) is 5.02 Å². The van der Waals surface area contributed by atoms with Crippen molar-refractivity contribution in [3.8, 4) is 5.75 Å².